The molecular weight excluding hydrogens is 222 g/mol. The number of Topliss-reactive ketones (excluding diaryl/α,β-unsaturated/α-hetero) is 1. The zero-order valence-corrected chi connectivity index (χ0v) is 9.76. The number of nitrogens with one attached hydrogen (secondary N) is 1. The first-order chi connectivity index (χ1) is 7.69. The zero-order chi connectivity index (χ0) is 11.2. The Bertz CT molecular complexity index is 439. The number of hydrogen-bond donors (Lipinski definition) is 1. The summed E-state index contributed by atoms with van der Waals surface area (Å²) in [7, 11) is 0. The molecule has 0 unspecified atom stereocenters. The van der Waals surface area contributed by atoms with Crippen LogP contribution in [-0.4, -0.2) is 18.4 Å². The van der Waals surface area contributed by atoms with Crippen LogP contribution in [0.1, 0.15) is 29.6 Å². The summed E-state index contributed by atoms with van der Waals surface area (Å²) in [6.07, 6.45) is 3.55. The molecule has 0 aromatic heterocycles. The van der Waals surface area contributed by atoms with Crippen molar-refractivity contribution in [1.82, 2.24) is 5.32 Å². The van der Waals surface area contributed by atoms with Crippen LogP contribution in [0.3, 0.4) is 0 Å². The van der Waals surface area contributed by atoms with E-state index in [0.717, 1.165) is 18.5 Å². The van der Waals surface area contributed by atoms with Crippen LogP contribution < -0.4 is 5.32 Å². The Hall–Kier alpha value is -0.860. The van der Waals surface area contributed by atoms with Gasteiger partial charge in [0.2, 0.25) is 0 Å². The first-order valence-corrected chi connectivity index (χ1v) is 6.10. The molecule has 1 saturated carbocycles. The summed E-state index contributed by atoms with van der Waals surface area (Å²) in [4.78, 5) is 12.2. The van der Waals surface area contributed by atoms with E-state index in [0.29, 0.717) is 10.4 Å². The summed E-state index contributed by atoms with van der Waals surface area (Å²) >= 11 is 5.89. The van der Waals surface area contributed by atoms with Gasteiger partial charge in [0.15, 0.2) is 5.78 Å². The van der Waals surface area contributed by atoms with Gasteiger partial charge in [-0.2, -0.15) is 0 Å². The van der Waals surface area contributed by atoms with E-state index in [1.807, 2.05) is 12.1 Å². The highest BCUT2D eigenvalue weighted by molar-refractivity contribution is 6.31. The summed E-state index contributed by atoms with van der Waals surface area (Å²) < 4.78 is 0. The van der Waals surface area contributed by atoms with Gasteiger partial charge in [0.25, 0.3) is 0 Å². The maximum atomic E-state index is 12.2. The standard InChI is InChI=1S/C13H14ClNO/c14-10-3-1-2-9(6-10)12(16)11-7-13(4-5-13)8-15-11/h1-3,6,11,15H,4-5,7-8H2/t11-/m0/s1. The maximum absolute atomic E-state index is 12.2. The van der Waals surface area contributed by atoms with Gasteiger partial charge in [-0.3, -0.25) is 4.79 Å². The quantitative estimate of drug-likeness (QED) is 0.799. The molecule has 0 radical (unpaired) electrons. The molecule has 1 spiro atoms. The molecule has 1 N–H and O–H groups in total. The summed E-state index contributed by atoms with van der Waals surface area (Å²) in [5.41, 5.74) is 1.18. The normalized spacial score (nSPS) is 25.9. The van der Waals surface area contributed by atoms with Crippen LogP contribution in [0.2, 0.25) is 5.02 Å². The van der Waals surface area contributed by atoms with Gasteiger partial charge in [0, 0.05) is 17.1 Å². The number of carbonyl (C=O) groups excluding carboxylic acids is 1. The van der Waals surface area contributed by atoms with E-state index < -0.39 is 0 Å². The Balaban J connectivity index is 1.78. The zero-order valence-electron chi connectivity index (χ0n) is 9.00. The molecular formula is C13H14ClNO. The smallest absolute Gasteiger partial charge is 0.179 e. The monoisotopic (exact) mass is 235 g/mol. The van der Waals surface area contributed by atoms with Gasteiger partial charge >= 0.3 is 0 Å². The second kappa shape index (κ2) is 3.57. The van der Waals surface area contributed by atoms with Crippen molar-refractivity contribution in [3.8, 4) is 0 Å². The lowest BCUT2D eigenvalue weighted by molar-refractivity contribution is 0.0950. The third-order valence-corrected chi connectivity index (χ3v) is 3.98. The number of rotatable bonds is 2. The van der Waals surface area contributed by atoms with E-state index in [1.54, 1.807) is 12.1 Å². The van der Waals surface area contributed by atoms with Gasteiger partial charge in [0.1, 0.15) is 0 Å². The van der Waals surface area contributed by atoms with Crippen molar-refractivity contribution in [3.05, 3.63) is 34.9 Å². The van der Waals surface area contributed by atoms with Gasteiger partial charge in [-0.1, -0.05) is 23.7 Å². The molecule has 2 nitrogen and oxygen atoms in total. The van der Waals surface area contributed by atoms with E-state index >= 15 is 0 Å². The van der Waals surface area contributed by atoms with Gasteiger partial charge in [0.05, 0.1) is 6.04 Å². The molecule has 84 valence electrons. The molecule has 1 heterocycles. The molecule has 16 heavy (non-hydrogen) atoms. The average Bonchev–Trinajstić information content (AvgIpc) is 2.88. The van der Waals surface area contributed by atoms with Crippen molar-refractivity contribution >= 4 is 17.4 Å². The Labute approximate surface area is 100.0 Å². The highest BCUT2D eigenvalue weighted by atomic mass is 35.5. The summed E-state index contributed by atoms with van der Waals surface area (Å²) in [6.45, 7) is 1.00. The number of benzene rings is 1. The third-order valence-electron chi connectivity index (χ3n) is 3.74. The lowest BCUT2D eigenvalue weighted by atomic mass is 9.97. The Kier molecular flexibility index (Phi) is 2.30. The SMILES string of the molecule is O=C(c1cccc(Cl)c1)[C@@H]1CC2(CC2)CN1. The summed E-state index contributed by atoms with van der Waals surface area (Å²) in [5.74, 6) is 0.186. The van der Waals surface area contributed by atoms with E-state index in [4.69, 9.17) is 11.6 Å². The second-order valence-corrected chi connectivity index (χ2v) is 5.45. The van der Waals surface area contributed by atoms with Crippen LogP contribution in [0, 0.1) is 5.41 Å². The minimum absolute atomic E-state index is 0.000895. The molecule has 1 aliphatic carbocycles. The minimum Gasteiger partial charge on any atom is -0.307 e. The molecule has 2 fully saturated rings. The molecule has 3 rings (SSSR count). The first kappa shape index (κ1) is 10.3. The van der Waals surface area contributed by atoms with Crippen LogP contribution in [0.25, 0.3) is 0 Å². The number of ketones is 1. The Morgan fingerprint density at radius 3 is 2.88 bits per heavy atom. The number of carbonyl (C=O) groups is 1. The second-order valence-electron chi connectivity index (χ2n) is 5.01. The Morgan fingerprint density at radius 2 is 2.25 bits per heavy atom. The van der Waals surface area contributed by atoms with Gasteiger partial charge < -0.3 is 5.32 Å². The largest absolute Gasteiger partial charge is 0.307 e. The first-order valence-electron chi connectivity index (χ1n) is 5.72. The van der Waals surface area contributed by atoms with Crippen LogP contribution in [-0.2, 0) is 0 Å². The third kappa shape index (κ3) is 1.76. The van der Waals surface area contributed by atoms with E-state index in [9.17, 15) is 4.79 Å². The topological polar surface area (TPSA) is 29.1 Å². The van der Waals surface area contributed by atoms with Crippen molar-refractivity contribution in [2.45, 2.75) is 25.3 Å². The van der Waals surface area contributed by atoms with E-state index in [-0.39, 0.29) is 11.8 Å². The molecule has 1 aromatic carbocycles. The van der Waals surface area contributed by atoms with Crippen LogP contribution in [0.15, 0.2) is 24.3 Å². The average molecular weight is 236 g/mol. The molecule has 0 bridgehead atoms. The fraction of sp³-hybridized carbons (Fsp3) is 0.462. The van der Waals surface area contributed by atoms with Crippen LogP contribution in [0.5, 0.6) is 0 Å². The molecule has 1 saturated heterocycles. The molecule has 2 aliphatic rings. The van der Waals surface area contributed by atoms with Crippen molar-refractivity contribution < 1.29 is 4.79 Å². The highest BCUT2D eigenvalue weighted by Crippen LogP contribution is 2.52. The van der Waals surface area contributed by atoms with Crippen molar-refractivity contribution in [2.24, 2.45) is 5.41 Å². The fourth-order valence-electron chi connectivity index (χ4n) is 2.50. The lowest BCUT2D eigenvalue weighted by Crippen LogP contribution is -2.30. The van der Waals surface area contributed by atoms with Gasteiger partial charge in [-0.15, -0.1) is 0 Å². The molecule has 3 heteroatoms. The molecule has 1 aromatic rings. The van der Waals surface area contributed by atoms with Crippen LogP contribution in [0.4, 0.5) is 0 Å². The number of hydrogen-bond acceptors (Lipinski definition) is 2. The van der Waals surface area contributed by atoms with Crippen molar-refractivity contribution in [1.29, 1.82) is 0 Å². The Morgan fingerprint density at radius 1 is 1.44 bits per heavy atom. The van der Waals surface area contributed by atoms with Crippen LogP contribution >= 0.6 is 11.6 Å². The van der Waals surface area contributed by atoms with Gasteiger partial charge in [-0.05, 0) is 36.8 Å². The molecule has 1 atom stereocenters. The summed E-state index contributed by atoms with van der Waals surface area (Å²) in [6, 6.07) is 7.22. The molecule has 0 amide bonds. The van der Waals surface area contributed by atoms with Gasteiger partial charge in [-0.25, -0.2) is 0 Å². The predicted molar refractivity (Wildman–Crippen MR) is 63.9 cm³/mol. The fourth-order valence-corrected chi connectivity index (χ4v) is 2.69. The van der Waals surface area contributed by atoms with E-state index in [1.165, 1.54) is 12.8 Å². The minimum atomic E-state index is 0.000895. The number of halogens is 1. The highest BCUT2D eigenvalue weighted by Gasteiger charge is 2.49. The lowest BCUT2D eigenvalue weighted by Gasteiger charge is -2.09. The van der Waals surface area contributed by atoms with Crippen molar-refractivity contribution in [3.63, 3.8) is 0 Å². The van der Waals surface area contributed by atoms with Crippen molar-refractivity contribution in [2.75, 3.05) is 6.54 Å². The summed E-state index contributed by atoms with van der Waals surface area (Å²) in [5, 5.41) is 3.96. The predicted octanol–water partition coefficient (Wildman–Crippen LogP) is 2.66. The maximum Gasteiger partial charge on any atom is 0.179 e. The van der Waals surface area contributed by atoms with E-state index in [2.05, 4.69) is 5.32 Å². The molecule has 1 aliphatic heterocycles.